The fraction of sp³-hybridized carbons (Fsp3) is 0.818. The molecule has 0 aromatic rings. The Morgan fingerprint density at radius 2 is 1.07 bits per heavy atom. The lowest BCUT2D eigenvalue weighted by molar-refractivity contribution is -0.161. The summed E-state index contributed by atoms with van der Waals surface area (Å²) >= 11 is 0. The number of carbonyl (C=O) groups is 4. The van der Waals surface area contributed by atoms with Gasteiger partial charge in [0.1, 0.15) is 23.7 Å². The maximum absolute atomic E-state index is 13.6. The standard InChI is InChI=1S/C22H30N2O4/c1-21-11-13-19(27)24-14(12-22(2)16(24)8-4-6-10-18(22)26)20(28)23(13)15(21)7-3-5-9-17(21)25/h13-16H,3-12H2,1-2H3/t13-,14?,15-,16-,21-,22-/m1/s1. The van der Waals surface area contributed by atoms with E-state index in [9.17, 15) is 19.2 Å². The summed E-state index contributed by atoms with van der Waals surface area (Å²) in [7, 11) is 0. The van der Waals surface area contributed by atoms with Crippen LogP contribution in [-0.4, -0.2) is 57.3 Å². The van der Waals surface area contributed by atoms with E-state index in [0.29, 0.717) is 25.7 Å². The molecule has 152 valence electrons. The predicted octanol–water partition coefficient (Wildman–Crippen LogP) is 2.24. The van der Waals surface area contributed by atoms with Crippen LogP contribution in [0.4, 0.5) is 0 Å². The first kappa shape index (κ1) is 18.3. The van der Waals surface area contributed by atoms with E-state index >= 15 is 0 Å². The minimum Gasteiger partial charge on any atom is -0.325 e. The Kier molecular flexibility index (Phi) is 3.86. The number of piperazine rings is 1. The first-order valence-electron chi connectivity index (χ1n) is 11.0. The van der Waals surface area contributed by atoms with E-state index in [1.165, 1.54) is 0 Å². The quantitative estimate of drug-likeness (QED) is 0.640. The minimum absolute atomic E-state index is 0.0184. The highest BCUT2D eigenvalue weighted by atomic mass is 16.2. The fourth-order valence-electron chi connectivity index (χ4n) is 7.02. The molecule has 6 nitrogen and oxygen atoms in total. The third-order valence-electron chi connectivity index (χ3n) is 8.66. The third kappa shape index (κ3) is 2.15. The van der Waals surface area contributed by atoms with E-state index in [4.69, 9.17) is 0 Å². The van der Waals surface area contributed by atoms with Gasteiger partial charge in [0.25, 0.3) is 0 Å². The summed E-state index contributed by atoms with van der Waals surface area (Å²) in [6, 6.07) is -1.39. The topological polar surface area (TPSA) is 74.8 Å². The molecule has 0 N–H and O–H groups in total. The lowest BCUT2D eigenvalue weighted by atomic mass is 9.76. The largest absolute Gasteiger partial charge is 0.325 e. The van der Waals surface area contributed by atoms with Gasteiger partial charge in [-0.15, -0.1) is 0 Å². The number of amides is 2. The highest BCUT2D eigenvalue weighted by Crippen LogP contribution is 2.54. The normalized spacial score (nSPS) is 45.9. The van der Waals surface area contributed by atoms with Gasteiger partial charge in [-0.3, -0.25) is 19.2 Å². The van der Waals surface area contributed by atoms with Crippen molar-refractivity contribution in [3.05, 3.63) is 0 Å². The van der Waals surface area contributed by atoms with Crippen LogP contribution >= 0.6 is 0 Å². The number of hydrogen-bond donors (Lipinski definition) is 0. The van der Waals surface area contributed by atoms with Crippen LogP contribution in [-0.2, 0) is 19.2 Å². The molecule has 28 heavy (non-hydrogen) atoms. The summed E-state index contributed by atoms with van der Waals surface area (Å²) in [4.78, 5) is 56.6. The monoisotopic (exact) mass is 386 g/mol. The second-order valence-electron chi connectivity index (χ2n) is 10.1. The van der Waals surface area contributed by atoms with Gasteiger partial charge < -0.3 is 9.80 Å². The molecule has 6 heteroatoms. The zero-order chi connectivity index (χ0) is 19.8. The van der Waals surface area contributed by atoms with Crippen LogP contribution in [0, 0.1) is 10.8 Å². The number of ketones is 2. The van der Waals surface area contributed by atoms with Gasteiger partial charge in [-0.25, -0.2) is 0 Å². The third-order valence-corrected chi connectivity index (χ3v) is 8.66. The zero-order valence-electron chi connectivity index (χ0n) is 16.9. The molecule has 0 radical (unpaired) electrons. The molecule has 1 unspecified atom stereocenters. The van der Waals surface area contributed by atoms with Crippen molar-refractivity contribution in [2.45, 2.75) is 102 Å². The molecule has 0 aromatic heterocycles. The van der Waals surface area contributed by atoms with E-state index in [1.807, 2.05) is 13.8 Å². The molecule has 5 rings (SSSR count). The Hall–Kier alpha value is -1.72. The van der Waals surface area contributed by atoms with E-state index in [1.54, 1.807) is 9.80 Å². The number of nitrogens with zero attached hydrogens (tertiary/aromatic N) is 2. The van der Waals surface area contributed by atoms with Crippen LogP contribution < -0.4 is 0 Å². The van der Waals surface area contributed by atoms with Gasteiger partial charge in [-0.05, 0) is 38.5 Å². The number of Topliss-reactive ketones (excluding diaryl/α,β-unsaturated/α-hetero) is 2. The number of carbonyl (C=O) groups excluding carboxylic acids is 4. The van der Waals surface area contributed by atoms with E-state index in [-0.39, 0.29) is 35.5 Å². The second kappa shape index (κ2) is 5.90. The summed E-state index contributed by atoms with van der Waals surface area (Å²) in [6.45, 7) is 3.93. The highest BCUT2D eigenvalue weighted by Gasteiger charge is 2.66. The van der Waals surface area contributed by atoms with Crippen molar-refractivity contribution >= 4 is 23.4 Å². The molecule has 3 saturated heterocycles. The van der Waals surface area contributed by atoms with Gasteiger partial charge in [-0.2, -0.15) is 0 Å². The first-order valence-corrected chi connectivity index (χ1v) is 11.0. The maximum atomic E-state index is 13.6. The lowest BCUT2D eigenvalue weighted by Crippen LogP contribution is -2.64. The van der Waals surface area contributed by atoms with Crippen molar-refractivity contribution in [2.24, 2.45) is 10.8 Å². The SMILES string of the molecule is C[C@@]12CC3C(=O)N4[C@H](C[C@@]5(C)C(=O)CCCC[C@@H]45)C(=O)N3[C@@H]1CCCCC2=O. The van der Waals surface area contributed by atoms with E-state index in [0.717, 1.165) is 38.5 Å². The Morgan fingerprint density at radius 1 is 0.679 bits per heavy atom. The maximum Gasteiger partial charge on any atom is 0.246 e. The summed E-state index contributed by atoms with van der Waals surface area (Å²) < 4.78 is 0. The molecule has 0 spiro atoms. The van der Waals surface area contributed by atoms with Crippen molar-refractivity contribution in [1.82, 2.24) is 9.80 Å². The molecule has 2 amide bonds. The van der Waals surface area contributed by atoms with Gasteiger partial charge in [-0.1, -0.05) is 26.7 Å². The second-order valence-corrected chi connectivity index (χ2v) is 10.1. The van der Waals surface area contributed by atoms with Crippen molar-refractivity contribution in [1.29, 1.82) is 0 Å². The minimum atomic E-state index is -0.602. The molecule has 2 aliphatic carbocycles. The van der Waals surface area contributed by atoms with Crippen LogP contribution in [0.1, 0.15) is 78.1 Å². The molecule has 3 heterocycles. The van der Waals surface area contributed by atoms with Crippen LogP contribution in [0.3, 0.4) is 0 Å². The van der Waals surface area contributed by atoms with Gasteiger partial charge in [0.05, 0.1) is 0 Å². The van der Waals surface area contributed by atoms with Gasteiger partial charge in [0.15, 0.2) is 0 Å². The van der Waals surface area contributed by atoms with Gasteiger partial charge >= 0.3 is 0 Å². The van der Waals surface area contributed by atoms with Crippen molar-refractivity contribution in [3.8, 4) is 0 Å². The predicted molar refractivity (Wildman–Crippen MR) is 101 cm³/mol. The van der Waals surface area contributed by atoms with Gasteiger partial charge in [0, 0.05) is 35.8 Å². The van der Waals surface area contributed by atoms with Crippen molar-refractivity contribution < 1.29 is 19.2 Å². The zero-order valence-corrected chi connectivity index (χ0v) is 16.9. The summed E-state index contributed by atoms with van der Waals surface area (Å²) in [6.07, 6.45) is 7.17. The molecule has 5 fully saturated rings. The first-order chi connectivity index (χ1) is 13.3. The smallest absolute Gasteiger partial charge is 0.246 e. The Bertz CT molecular complexity index is 714. The molecule has 5 aliphatic rings. The highest BCUT2D eigenvalue weighted by molar-refractivity contribution is 6.02. The Morgan fingerprint density at radius 3 is 1.46 bits per heavy atom. The van der Waals surface area contributed by atoms with Crippen LogP contribution in [0.15, 0.2) is 0 Å². The summed E-state index contributed by atoms with van der Waals surface area (Å²) in [5.74, 6) is 0.379. The van der Waals surface area contributed by atoms with Crippen LogP contribution in [0.5, 0.6) is 0 Å². The average Bonchev–Trinajstić information content (AvgIpc) is 3.03. The van der Waals surface area contributed by atoms with Crippen molar-refractivity contribution in [2.75, 3.05) is 0 Å². The number of rotatable bonds is 0. The number of fused-ring (bicyclic) bond motifs is 6. The Balaban J connectivity index is 1.55. The lowest BCUT2D eigenvalue weighted by Gasteiger charge is -2.44. The summed E-state index contributed by atoms with van der Waals surface area (Å²) in [5.41, 5.74) is -1.20. The van der Waals surface area contributed by atoms with Crippen LogP contribution in [0.2, 0.25) is 0 Å². The van der Waals surface area contributed by atoms with Crippen molar-refractivity contribution in [3.63, 3.8) is 0 Å². The molecular formula is C22H30N2O4. The molecule has 3 aliphatic heterocycles. The average molecular weight is 386 g/mol. The van der Waals surface area contributed by atoms with Gasteiger partial charge in [0.2, 0.25) is 11.8 Å². The van der Waals surface area contributed by atoms with E-state index in [2.05, 4.69) is 0 Å². The molecule has 6 atom stereocenters. The molecular weight excluding hydrogens is 356 g/mol. The van der Waals surface area contributed by atoms with Crippen LogP contribution in [0.25, 0.3) is 0 Å². The fourth-order valence-corrected chi connectivity index (χ4v) is 7.02. The molecule has 2 saturated carbocycles. The molecule has 0 bridgehead atoms. The molecule has 0 aromatic carbocycles. The summed E-state index contributed by atoms with van der Waals surface area (Å²) in [5, 5.41) is 0. The Labute approximate surface area is 166 Å². The number of hydrogen-bond acceptors (Lipinski definition) is 4. The van der Waals surface area contributed by atoms with E-state index < -0.39 is 22.9 Å².